The van der Waals surface area contributed by atoms with Crippen molar-refractivity contribution in [3.63, 3.8) is 0 Å². The maximum atomic E-state index is 12.6. The summed E-state index contributed by atoms with van der Waals surface area (Å²) in [7, 11) is 1.35. The Bertz CT molecular complexity index is 597. The number of rotatable bonds is 5. The van der Waals surface area contributed by atoms with E-state index in [0.29, 0.717) is 19.5 Å². The molecule has 1 fully saturated rings. The van der Waals surface area contributed by atoms with Crippen molar-refractivity contribution in [2.45, 2.75) is 65.6 Å². The number of hydrogen-bond donors (Lipinski definition) is 1. The molecule has 1 aliphatic rings. The van der Waals surface area contributed by atoms with Crippen LogP contribution < -0.4 is 5.32 Å². The number of ether oxygens (including phenoxy) is 1. The van der Waals surface area contributed by atoms with Gasteiger partial charge in [0.05, 0.1) is 12.8 Å². The number of hydrogen-bond acceptors (Lipinski definition) is 4. The molecular weight excluding hydrogens is 308 g/mol. The Kier molecular flexibility index (Phi) is 6.23. The molecule has 1 saturated heterocycles. The summed E-state index contributed by atoms with van der Waals surface area (Å²) in [5.74, 6) is -0.123. The van der Waals surface area contributed by atoms with Gasteiger partial charge in [0.1, 0.15) is 6.04 Å². The molecule has 1 aromatic heterocycles. The van der Waals surface area contributed by atoms with Crippen molar-refractivity contribution in [3.05, 3.63) is 17.0 Å². The maximum absolute atomic E-state index is 12.6. The Morgan fingerprint density at radius 1 is 1.33 bits per heavy atom. The van der Waals surface area contributed by atoms with Crippen LogP contribution in [-0.4, -0.2) is 46.4 Å². The number of aryl methyl sites for hydroxylation is 2. The molecule has 0 aromatic carbocycles. The van der Waals surface area contributed by atoms with E-state index in [9.17, 15) is 9.59 Å². The average Bonchev–Trinajstić information content (AvgIpc) is 2.86. The highest BCUT2D eigenvalue weighted by Crippen LogP contribution is 2.19. The van der Waals surface area contributed by atoms with E-state index in [0.717, 1.165) is 42.8 Å². The highest BCUT2D eigenvalue weighted by atomic mass is 16.5. The van der Waals surface area contributed by atoms with Gasteiger partial charge in [-0.15, -0.1) is 0 Å². The van der Waals surface area contributed by atoms with Crippen LogP contribution in [0.3, 0.4) is 0 Å². The molecule has 1 atom stereocenters. The highest BCUT2D eigenvalue weighted by Gasteiger charge is 2.32. The van der Waals surface area contributed by atoms with E-state index in [1.807, 2.05) is 18.5 Å². The highest BCUT2D eigenvalue weighted by molar-refractivity contribution is 5.85. The fourth-order valence-electron chi connectivity index (χ4n) is 3.25. The second kappa shape index (κ2) is 8.17. The van der Waals surface area contributed by atoms with E-state index >= 15 is 0 Å². The van der Waals surface area contributed by atoms with Gasteiger partial charge < -0.3 is 10.1 Å². The molecule has 1 N–H and O–H groups in total. The average molecular weight is 336 g/mol. The summed E-state index contributed by atoms with van der Waals surface area (Å²) in [6.07, 6.45) is 3.11. The Morgan fingerprint density at radius 2 is 2.08 bits per heavy atom. The van der Waals surface area contributed by atoms with E-state index in [4.69, 9.17) is 4.74 Å². The molecule has 2 rings (SSSR count). The molecule has 0 bridgehead atoms. The number of nitrogens with one attached hydrogen (secondary N) is 1. The molecule has 0 saturated carbocycles. The molecule has 134 valence electrons. The smallest absolute Gasteiger partial charge is 0.410 e. The van der Waals surface area contributed by atoms with Crippen molar-refractivity contribution in [2.75, 3.05) is 13.7 Å². The second-order valence-electron chi connectivity index (χ2n) is 6.27. The molecule has 0 unspecified atom stereocenters. The summed E-state index contributed by atoms with van der Waals surface area (Å²) in [4.78, 5) is 25.9. The first-order valence-corrected chi connectivity index (χ1v) is 8.64. The third-order valence-electron chi connectivity index (χ3n) is 4.62. The summed E-state index contributed by atoms with van der Waals surface area (Å²) in [6.45, 7) is 7.98. The van der Waals surface area contributed by atoms with Crippen LogP contribution in [0.4, 0.5) is 4.79 Å². The SMILES string of the molecule is CCCn1nc(C)c(CNC(=O)[C@@H]2CCCCN2C(=O)OC)c1C. The fourth-order valence-corrected chi connectivity index (χ4v) is 3.25. The van der Waals surface area contributed by atoms with E-state index in [1.165, 1.54) is 12.0 Å². The van der Waals surface area contributed by atoms with Gasteiger partial charge in [0.2, 0.25) is 5.91 Å². The molecule has 0 aliphatic carbocycles. The van der Waals surface area contributed by atoms with Crippen LogP contribution in [0.2, 0.25) is 0 Å². The van der Waals surface area contributed by atoms with Crippen LogP contribution in [0.15, 0.2) is 0 Å². The molecule has 0 spiro atoms. The first kappa shape index (κ1) is 18.3. The van der Waals surface area contributed by atoms with Crippen molar-refractivity contribution in [3.8, 4) is 0 Å². The number of piperidine rings is 1. The predicted octanol–water partition coefficient (Wildman–Crippen LogP) is 2.15. The lowest BCUT2D eigenvalue weighted by Gasteiger charge is -2.33. The van der Waals surface area contributed by atoms with Crippen molar-refractivity contribution >= 4 is 12.0 Å². The van der Waals surface area contributed by atoms with Gasteiger partial charge in [-0.3, -0.25) is 14.4 Å². The van der Waals surface area contributed by atoms with Crippen LogP contribution in [-0.2, 0) is 22.6 Å². The molecular formula is C17H28N4O3. The molecule has 7 heteroatoms. The van der Waals surface area contributed by atoms with Gasteiger partial charge in [-0.2, -0.15) is 5.10 Å². The Hall–Kier alpha value is -2.05. The van der Waals surface area contributed by atoms with Gasteiger partial charge in [0.25, 0.3) is 0 Å². The minimum Gasteiger partial charge on any atom is -0.453 e. The summed E-state index contributed by atoms with van der Waals surface area (Å²) < 4.78 is 6.78. The molecule has 1 aromatic rings. The number of carbonyl (C=O) groups excluding carboxylic acids is 2. The summed E-state index contributed by atoms with van der Waals surface area (Å²) in [5, 5.41) is 7.50. The quantitative estimate of drug-likeness (QED) is 0.894. The largest absolute Gasteiger partial charge is 0.453 e. The van der Waals surface area contributed by atoms with Crippen LogP contribution in [0.25, 0.3) is 0 Å². The molecule has 0 radical (unpaired) electrons. The van der Waals surface area contributed by atoms with Crippen molar-refractivity contribution < 1.29 is 14.3 Å². The molecule has 1 aliphatic heterocycles. The van der Waals surface area contributed by atoms with Crippen LogP contribution >= 0.6 is 0 Å². The van der Waals surface area contributed by atoms with Crippen LogP contribution in [0.1, 0.15) is 49.6 Å². The lowest BCUT2D eigenvalue weighted by molar-refractivity contribution is -0.127. The van der Waals surface area contributed by atoms with Gasteiger partial charge in [0, 0.05) is 30.9 Å². The van der Waals surface area contributed by atoms with E-state index in [2.05, 4.69) is 17.3 Å². The summed E-state index contributed by atoms with van der Waals surface area (Å²) in [5.41, 5.74) is 3.08. The molecule has 2 amide bonds. The topological polar surface area (TPSA) is 76.5 Å². The van der Waals surface area contributed by atoms with Crippen molar-refractivity contribution in [2.24, 2.45) is 0 Å². The zero-order valence-corrected chi connectivity index (χ0v) is 15.1. The minimum absolute atomic E-state index is 0.123. The first-order valence-electron chi connectivity index (χ1n) is 8.64. The minimum atomic E-state index is -0.447. The zero-order chi connectivity index (χ0) is 17.7. The van der Waals surface area contributed by atoms with E-state index in [-0.39, 0.29) is 5.91 Å². The van der Waals surface area contributed by atoms with Crippen LogP contribution in [0.5, 0.6) is 0 Å². The maximum Gasteiger partial charge on any atom is 0.410 e. The van der Waals surface area contributed by atoms with Gasteiger partial charge in [-0.1, -0.05) is 6.92 Å². The monoisotopic (exact) mass is 336 g/mol. The number of nitrogens with zero attached hydrogens (tertiary/aromatic N) is 3. The lowest BCUT2D eigenvalue weighted by Crippen LogP contribution is -2.51. The molecule has 24 heavy (non-hydrogen) atoms. The van der Waals surface area contributed by atoms with Gasteiger partial charge in [0.15, 0.2) is 0 Å². The van der Waals surface area contributed by atoms with Crippen molar-refractivity contribution in [1.82, 2.24) is 20.0 Å². The van der Waals surface area contributed by atoms with Gasteiger partial charge in [-0.05, 0) is 39.5 Å². The standard InChI is InChI=1S/C17H28N4O3/c1-5-9-21-13(3)14(12(2)19-21)11-18-16(22)15-8-6-7-10-20(15)17(23)24-4/h15H,5-11H2,1-4H3,(H,18,22)/t15-/m0/s1. The zero-order valence-electron chi connectivity index (χ0n) is 15.1. The predicted molar refractivity (Wildman–Crippen MR) is 90.6 cm³/mol. The third kappa shape index (κ3) is 3.88. The number of methoxy groups -OCH3 is 1. The van der Waals surface area contributed by atoms with Gasteiger partial charge >= 0.3 is 6.09 Å². The van der Waals surface area contributed by atoms with Crippen molar-refractivity contribution in [1.29, 1.82) is 0 Å². The lowest BCUT2D eigenvalue weighted by atomic mass is 10.0. The Morgan fingerprint density at radius 3 is 2.75 bits per heavy atom. The van der Waals surface area contributed by atoms with E-state index in [1.54, 1.807) is 0 Å². The first-order chi connectivity index (χ1) is 11.5. The van der Waals surface area contributed by atoms with Gasteiger partial charge in [-0.25, -0.2) is 4.79 Å². The Labute approximate surface area is 143 Å². The van der Waals surface area contributed by atoms with Crippen LogP contribution in [0, 0.1) is 13.8 Å². The summed E-state index contributed by atoms with van der Waals surface area (Å²) in [6, 6.07) is -0.447. The Balaban J connectivity index is 2.03. The normalized spacial score (nSPS) is 17.7. The van der Waals surface area contributed by atoms with E-state index < -0.39 is 12.1 Å². The molecule has 7 nitrogen and oxygen atoms in total. The second-order valence-corrected chi connectivity index (χ2v) is 6.27. The number of carbonyl (C=O) groups is 2. The third-order valence-corrected chi connectivity index (χ3v) is 4.62. The fraction of sp³-hybridized carbons (Fsp3) is 0.706. The molecule has 2 heterocycles. The number of amides is 2. The number of likely N-dealkylation sites (tertiary alicyclic amines) is 1. The summed E-state index contributed by atoms with van der Waals surface area (Å²) >= 11 is 0. The number of aromatic nitrogens is 2.